The number of anilines is 1. The van der Waals surface area contributed by atoms with Gasteiger partial charge in [0.2, 0.25) is 0 Å². The molecular weight excluding hydrogens is 515 g/mol. The number of aromatic nitrogens is 1. The fourth-order valence-electron chi connectivity index (χ4n) is 5.78. The van der Waals surface area contributed by atoms with Crippen LogP contribution in [0, 0.1) is 5.92 Å². The molecule has 36 heavy (non-hydrogen) atoms. The number of hydrogen-bond acceptors (Lipinski definition) is 3. The zero-order chi connectivity index (χ0) is 25.2. The van der Waals surface area contributed by atoms with Crippen molar-refractivity contribution in [2.75, 3.05) is 31.5 Å². The number of hydrogen-bond donors (Lipinski definition) is 3. The Kier molecular flexibility index (Phi) is 7.72. The SMILES string of the molecule is O=C(O)C(C1CCN(C(=S)Nc2ccc(Cl)cc2Cl)CC1)N1CCC(c2c[nH]c3ccccc23)CC1. The third kappa shape index (κ3) is 5.35. The lowest BCUT2D eigenvalue weighted by Gasteiger charge is -2.42. The number of halogens is 2. The Morgan fingerprint density at radius 3 is 2.47 bits per heavy atom. The van der Waals surface area contributed by atoms with E-state index in [1.165, 1.54) is 10.9 Å². The number of fused-ring (bicyclic) bond motifs is 1. The van der Waals surface area contributed by atoms with Crippen LogP contribution in [0.3, 0.4) is 0 Å². The lowest BCUT2D eigenvalue weighted by molar-refractivity contribution is -0.146. The van der Waals surface area contributed by atoms with Crippen LogP contribution in [-0.4, -0.2) is 63.2 Å². The van der Waals surface area contributed by atoms with Gasteiger partial charge in [0.05, 0.1) is 10.7 Å². The number of likely N-dealkylation sites (tertiary alicyclic amines) is 2. The Bertz CT molecular complexity index is 1250. The smallest absolute Gasteiger partial charge is 0.321 e. The van der Waals surface area contributed by atoms with Crippen molar-refractivity contribution < 1.29 is 9.90 Å². The zero-order valence-corrected chi connectivity index (χ0v) is 22.3. The van der Waals surface area contributed by atoms with E-state index < -0.39 is 12.0 Å². The highest BCUT2D eigenvalue weighted by molar-refractivity contribution is 7.80. The Hall–Kier alpha value is -2.32. The molecule has 1 unspecified atom stereocenters. The summed E-state index contributed by atoms with van der Waals surface area (Å²) >= 11 is 17.9. The Labute approximate surface area is 226 Å². The molecule has 3 N–H and O–H groups in total. The highest BCUT2D eigenvalue weighted by Gasteiger charge is 2.38. The van der Waals surface area contributed by atoms with E-state index in [-0.39, 0.29) is 5.92 Å². The fourth-order valence-corrected chi connectivity index (χ4v) is 6.53. The molecule has 3 heterocycles. The lowest BCUT2D eigenvalue weighted by atomic mass is 9.84. The first-order valence-electron chi connectivity index (χ1n) is 12.4. The van der Waals surface area contributed by atoms with Crippen molar-refractivity contribution in [3.8, 4) is 0 Å². The zero-order valence-electron chi connectivity index (χ0n) is 19.9. The van der Waals surface area contributed by atoms with Crippen LogP contribution in [0.15, 0.2) is 48.7 Å². The van der Waals surface area contributed by atoms with Gasteiger partial charge >= 0.3 is 5.97 Å². The molecule has 5 rings (SSSR count). The third-order valence-corrected chi connectivity index (χ3v) is 8.59. The maximum Gasteiger partial charge on any atom is 0.321 e. The number of thiocarbonyl (C=S) groups is 1. The molecule has 0 aliphatic carbocycles. The molecule has 6 nitrogen and oxygen atoms in total. The van der Waals surface area contributed by atoms with Gasteiger partial charge in [-0.3, -0.25) is 9.69 Å². The molecule has 9 heteroatoms. The number of nitrogens with zero attached hydrogens (tertiary/aromatic N) is 2. The summed E-state index contributed by atoms with van der Waals surface area (Å²) < 4.78 is 0. The summed E-state index contributed by atoms with van der Waals surface area (Å²) in [6, 6.07) is 13.2. The van der Waals surface area contributed by atoms with Gasteiger partial charge in [-0.25, -0.2) is 0 Å². The number of carbonyl (C=O) groups is 1. The first-order valence-corrected chi connectivity index (χ1v) is 13.6. The second-order valence-electron chi connectivity index (χ2n) is 9.76. The predicted molar refractivity (Wildman–Crippen MR) is 150 cm³/mol. The topological polar surface area (TPSA) is 71.6 Å². The number of aromatic amines is 1. The van der Waals surface area contributed by atoms with Gasteiger partial charge in [0, 0.05) is 35.2 Å². The van der Waals surface area contributed by atoms with E-state index in [2.05, 4.69) is 44.5 Å². The van der Waals surface area contributed by atoms with Gasteiger partial charge < -0.3 is 20.3 Å². The van der Waals surface area contributed by atoms with E-state index in [1.54, 1.807) is 12.1 Å². The molecule has 2 aromatic carbocycles. The summed E-state index contributed by atoms with van der Waals surface area (Å²) in [5, 5.41) is 16.3. The Morgan fingerprint density at radius 1 is 1.06 bits per heavy atom. The van der Waals surface area contributed by atoms with Crippen LogP contribution in [-0.2, 0) is 4.79 Å². The van der Waals surface area contributed by atoms with Crippen molar-refractivity contribution in [2.45, 2.75) is 37.6 Å². The van der Waals surface area contributed by atoms with E-state index in [4.69, 9.17) is 35.4 Å². The highest BCUT2D eigenvalue weighted by atomic mass is 35.5. The number of carboxylic acids is 1. The van der Waals surface area contributed by atoms with E-state index in [0.29, 0.717) is 21.1 Å². The standard InChI is InChI=1S/C27H30Cl2N4O2S/c28-19-5-6-24(22(29)15-19)31-27(36)33-13-9-18(10-14-33)25(26(34)35)32-11-7-17(8-12-32)21-16-30-23-4-2-1-3-20(21)23/h1-6,15-18,25,30H,7-14H2,(H,31,36)(H,34,35). The molecule has 1 atom stereocenters. The molecule has 1 aromatic heterocycles. The molecule has 2 saturated heterocycles. The van der Waals surface area contributed by atoms with E-state index in [9.17, 15) is 9.90 Å². The van der Waals surface area contributed by atoms with Gasteiger partial charge in [0.25, 0.3) is 0 Å². The van der Waals surface area contributed by atoms with Gasteiger partial charge in [-0.15, -0.1) is 0 Å². The second kappa shape index (κ2) is 11.0. The average Bonchev–Trinajstić information content (AvgIpc) is 3.31. The van der Waals surface area contributed by atoms with E-state index >= 15 is 0 Å². The van der Waals surface area contributed by atoms with Gasteiger partial charge in [0.15, 0.2) is 5.11 Å². The summed E-state index contributed by atoms with van der Waals surface area (Å²) in [5.41, 5.74) is 3.23. The summed E-state index contributed by atoms with van der Waals surface area (Å²) in [6.45, 7) is 3.04. The quantitative estimate of drug-likeness (QED) is 0.331. The molecule has 2 aliphatic heterocycles. The van der Waals surface area contributed by atoms with Crippen LogP contribution in [0.4, 0.5) is 5.69 Å². The maximum atomic E-state index is 12.4. The van der Waals surface area contributed by atoms with Crippen LogP contribution in [0.2, 0.25) is 10.0 Å². The fraction of sp³-hybridized carbons (Fsp3) is 0.407. The van der Waals surface area contributed by atoms with Crippen LogP contribution in [0.25, 0.3) is 10.9 Å². The molecule has 0 spiro atoms. The van der Waals surface area contributed by atoms with Crippen molar-refractivity contribution in [3.63, 3.8) is 0 Å². The minimum absolute atomic E-state index is 0.102. The third-order valence-electron chi connectivity index (χ3n) is 7.68. The summed E-state index contributed by atoms with van der Waals surface area (Å²) in [6.07, 6.45) is 5.65. The van der Waals surface area contributed by atoms with Crippen LogP contribution in [0.5, 0.6) is 0 Å². The van der Waals surface area contributed by atoms with Gasteiger partial charge in [0.1, 0.15) is 6.04 Å². The average molecular weight is 546 g/mol. The van der Waals surface area contributed by atoms with E-state index in [1.807, 2.05) is 12.1 Å². The number of benzene rings is 2. The van der Waals surface area contributed by atoms with Crippen LogP contribution < -0.4 is 5.32 Å². The molecule has 0 amide bonds. The molecule has 0 saturated carbocycles. The number of carboxylic acid groups (broad SMARTS) is 1. The number of aliphatic carboxylic acids is 1. The first-order chi connectivity index (χ1) is 17.4. The van der Waals surface area contributed by atoms with Crippen molar-refractivity contribution in [3.05, 3.63) is 64.3 Å². The van der Waals surface area contributed by atoms with Gasteiger partial charge in [-0.2, -0.15) is 0 Å². The predicted octanol–water partition coefficient (Wildman–Crippen LogP) is 6.22. The normalized spacial score (nSPS) is 18.9. The second-order valence-corrected chi connectivity index (χ2v) is 11.0. The highest BCUT2D eigenvalue weighted by Crippen LogP contribution is 2.35. The van der Waals surface area contributed by atoms with Crippen molar-refractivity contribution in [1.82, 2.24) is 14.8 Å². The summed E-state index contributed by atoms with van der Waals surface area (Å²) in [5.74, 6) is -0.158. The number of H-pyrrole nitrogens is 1. The van der Waals surface area contributed by atoms with Crippen molar-refractivity contribution in [2.24, 2.45) is 5.92 Å². The van der Waals surface area contributed by atoms with E-state index in [0.717, 1.165) is 63.1 Å². The molecular formula is C27H30Cl2N4O2S. The molecule has 2 aliphatic rings. The lowest BCUT2D eigenvalue weighted by Crippen LogP contribution is -2.52. The van der Waals surface area contributed by atoms with Gasteiger partial charge in [-0.1, -0.05) is 41.4 Å². The monoisotopic (exact) mass is 544 g/mol. The summed E-state index contributed by atoms with van der Waals surface area (Å²) in [4.78, 5) is 20.1. The maximum absolute atomic E-state index is 12.4. The van der Waals surface area contributed by atoms with Crippen LogP contribution >= 0.6 is 35.4 Å². The van der Waals surface area contributed by atoms with Gasteiger partial charge in [-0.05, 0) is 92.7 Å². The van der Waals surface area contributed by atoms with Crippen LogP contribution in [0.1, 0.15) is 37.2 Å². The first kappa shape index (κ1) is 25.3. The summed E-state index contributed by atoms with van der Waals surface area (Å²) in [7, 11) is 0. The minimum Gasteiger partial charge on any atom is -0.480 e. The molecule has 0 bridgehead atoms. The Balaban J connectivity index is 1.17. The molecule has 3 aromatic rings. The molecule has 190 valence electrons. The largest absolute Gasteiger partial charge is 0.480 e. The number of nitrogens with one attached hydrogen (secondary N) is 2. The number of piperidine rings is 2. The molecule has 2 fully saturated rings. The van der Waals surface area contributed by atoms with Crippen molar-refractivity contribution >= 4 is 63.1 Å². The number of rotatable bonds is 5. The number of para-hydroxylation sites is 1. The minimum atomic E-state index is -0.715. The van der Waals surface area contributed by atoms with Crippen molar-refractivity contribution in [1.29, 1.82) is 0 Å². The Morgan fingerprint density at radius 2 is 1.78 bits per heavy atom. The molecule has 0 radical (unpaired) electrons.